The molecule has 2 aromatic carbocycles. The number of amidine groups is 2. The van der Waals surface area contributed by atoms with Crippen molar-refractivity contribution < 1.29 is 14.1 Å². The van der Waals surface area contributed by atoms with Gasteiger partial charge in [-0.3, -0.25) is 20.3 Å². The molecule has 32 heavy (non-hydrogen) atoms. The number of carbonyl (C=O) groups excluding carboxylic acids is 1. The van der Waals surface area contributed by atoms with Crippen LogP contribution < -0.4 is 0 Å². The summed E-state index contributed by atoms with van der Waals surface area (Å²) >= 11 is 1.23. The van der Waals surface area contributed by atoms with Crippen molar-refractivity contribution in [2.24, 2.45) is 10.1 Å². The minimum Gasteiger partial charge on any atom is -0.457 e. The lowest BCUT2D eigenvalue weighted by Crippen LogP contribution is -2.35. The van der Waals surface area contributed by atoms with Crippen molar-refractivity contribution in [3.63, 3.8) is 0 Å². The maximum atomic E-state index is 12.6. The van der Waals surface area contributed by atoms with Crippen molar-refractivity contribution in [2.75, 3.05) is 0 Å². The number of hydrogen-bond donors (Lipinski definition) is 1. The van der Waals surface area contributed by atoms with E-state index in [2.05, 4.69) is 10.1 Å². The maximum Gasteiger partial charge on any atom is 0.283 e. The number of fused-ring (bicyclic) bond motifs is 1. The van der Waals surface area contributed by atoms with E-state index in [-0.39, 0.29) is 17.1 Å². The number of hydrazone groups is 1. The van der Waals surface area contributed by atoms with E-state index in [0.29, 0.717) is 27.3 Å². The molecule has 2 aliphatic rings. The van der Waals surface area contributed by atoms with E-state index in [1.807, 2.05) is 30.3 Å². The van der Waals surface area contributed by atoms with Crippen LogP contribution in [-0.2, 0) is 4.79 Å². The molecule has 0 saturated carbocycles. The van der Waals surface area contributed by atoms with Gasteiger partial charge in [0, 0.05) is 23.3 Å². The van der Waals surface area contributed by atoms with Gasteiger partial charge in [-0.25, -0.2) is 0 Å². The molecule has 9 nitrogen and oxygen atoms in total. The smallest absolute Gasteiger partial charge is 0.283 e. The van der Waals surface area contributed by atoms with Crippen LogP contribution in [0.2, 0.25) is 0 Å². The monoisotopic (exact) mass is 443 g/mol. The van der Waals surface area contributed by atoms with Gasteiger partial charge in [0.05, 0.1) is 10.5 Å². The molecule has 5 rings (SSSR count). The lowest BCUT2D eigenvalue weighted by atomic mass is 10.1. The number of nitrogens with one attached hydrogen (secondary N) is 1. The predicted molar refractivity (Wildman–Crippen MR) is 121 cm³/mol. The van der Waals surface area contributed by atoms with E-state index < -0.39 is 10.8 Å². The summed E-state index contributed by atoms with van der Waals surface area (Å²) in [5, 5.41) is 26.2. The zero-order chi connectivity index (χ0) is 22.2. The molecule has 0 bridgehead atoms. The SMILES string of the molecule is N=C1C(=Cc2ccc(-c3cccc([N+](=O)[O-])c3)o2)C(=O)N=C2SC(c3ccccc3)=NN12. The molecule has 3 aromatic rings. The van der Waals surface area contributed by atoms with Gasteiger partial charge in [-0.2, -0.15) is 15.1 Å². The normalized spacial score (nSPS) is 16.8. The van der Waals surface area contributed by atoms with Crippen molar-refractivity contribution in [2.45, 2.75) is 0 Å². The van der Waals surface area contributed by atoms with Crippen LogP contribution in [0.3, 0.4) is 0 Å². The van der Waals surface area contributed by atoms with Crippen LogP contribution in [0.25, 0.3) is 17.4 Å². The quantitative estimate of drug-likeness (QED) is 0.359. The Labute approximate surface area is 185 Å². The summed E-state index contributed by atoms with van der Waals surface area (Å²) in [6, 6.07) is 18.8. The molecule has 156 valence electrons. The zero-order valence-corrected chi connectivity index (χ0v) is 17.1. The Kier molecular flexibility index (Phi) is 4.75. The Morgan fingerprint density at radius 2 is 1.84 bits per heavy atom. The maximum absolute atomic E-state index is 12.6. The van der Waals surface area contributed by atoms with E-state index in [4.69, 9.17) is 9.83 Å². The molecular weight excluding hydrogens is 430 g/mol. The van der Waals surface area contributed by atoms with Gasteiger partial charge in [-0.15, -0.1) is 0 Å². The second kappa shape index (κ2) is 7.75. The van der Waals surface area contributed by atoms with E-state index >= 15 is 0 Å². The van der Waals surface area contributed by atoms with Crippen LogP contribution in [-0.4, -0.2) is 31.9 Å². The number of carbonyl (C=O) groups is 1. The molecule has 1 N–H and O–H groups in total. The first-order valence-electron chi connectivity index (χ1n) is 9.40. The zero-order valence-electron chi connectivity index (χ0n) is 16.3. The molecule has 0 unspecified atom stereocenters. The van der Waals surface area contributed by atoms with Crippen molar-refractivity contribution in [1.82, 2.24) is 5.01 Å². The van der Waals surface area contributed by atoms with Crippen molar-refractivity contribution in [1.29, 1.82) is 5.41 Å². The van der Waals surface area contributed by atoms with Crippen LogP contribution in [0, 0.1) is 15.5 Å². The largest absolute Gasteiger partial charge is 0.457 e. The van der Waals surface area contributed by atoms with Gasteiger partial charge >= 0.3 is 0 Å². The first kappa shape index (κ1) is 19.6. The van der Waals surface area contributed by atoms with Gasteiger partial charge in [0.2, 0.25) is 5.17 Å². The molecule has 0 fully saturated rings. The summed E-state index contributed by atoms with van der Waals surface area (Å²) in [7, 11) is 0. The molecule has 0 aliphatic carbocycles. The Hall–Kier alpha value is -4.31. The van der Waals surface area contributed by atoms with Crippen LogP contribution >= 0.6 is 11.8 Å². The third-order valence-corrected chi connectivity index (χ3v) is 5.69. The van der Waals surface area contributed by atoms with Gasteiger partial charge in [0.25, 0.3) is 11.6 Å². The number of thioether (sulfide) groups is 1. The summed E-state index contributed by atoms with van der Waals surface area (Å²) in [6.07, 6.45) is 1.42. The third-order valence-electron chi connectivity index (χ3n) is 4.73. The molecule has 1 aromatic heterocycles. The van der Waals surface area contributed by atoms with E-state index in [0.717, 1.165) is 5.56 Å². The topological polar surface area (TPSA) is 125 Å². The van der Waals surface area contributed by atoms with E-state index in [1.54, 1.807) is 24.3 Å². The Morgan fingerprint density at radius 1 is 1.06 bits per heavy atom. The number of furan rings is 1. The summed E-state index contributed by atoms with van der Waals surface area (Å²) in [6.45, 7) is 0. The first-order chi connectivity index (χ1) is 15.5. The number of rotatable bonds is 4. The minimum atomic E-state index is -0.563. The fourth-order valence-electron chi connectivity index (χ4n) is 3.19. The molecule has 3 heterocycles. The van der Waals surface area contributed by atoms with Crippen LogP contribution in [0.4, 0.5) is 5.69 Å². The Bertz CT molecular complexity index is 1370. The van der Waals surface area contributed by atoms with E-state index in [9.17, 15) is 14.9 Å². The average Bonchev–Trinajstić information content (AvgIpc) is 3.45. The molecular formula is C22H13N5O4S. The Morgan fingerprint density at radius 3 is 2.62 bits per heavy atom. The van der Waals surface area contributed by atoms with Crippen LogP contribution in [0.5, 0.6) is 0 Å². The molecule has 10 heteroatoms. The average molecular weight is 443 g/mol. The van der Waals surface area contributed by atoms with Crippen molar-refractivity contribution in [3.8, 4) is 11.3 Å². The number of nitro groups is 1. The highest BCUT2D eigenvalue weighted by atomic mass is 32.2. The number of benzene rings is 2. The highest BCUT2D eigenvalue weighted by Crippen LogP contribution is 2.32. The third kappa shape index (κ3) is 3.52. The molecule has 1 amide bonds. The van der Waals surface area contributed by atoms with Gasteiger partial charge in [-0.1, -0.05) is 42.5 Å². The lowest BCUT2D eigenvalue weighted by Gasteiger charge is -2.19. The molecule has 0 saturated heterocycles. The summed E-state index contributed by atoms with van der Waals surface area (Å²) in [4.78, 5) is 27.2. The Balaban J connectivity index is 1.44. The lowest BCUT2D eigenvalue weighted by molar-refractivity contribution is -0.384. The number of amides is 1. The molecule has 0 radical (unpaired) electrons. The molecule has 2 aliphatic heterocycles. The molecule has 0 spiro atoms. The summed E-state index contributed by atoms with van der Waals surface area (Å²) < 4.78 is 5.75. The predicted octanol–water partition coefficient (Wildman–Crippen LogP) is 4.52. The second-order valence-corrected chi connectivity index (χ2v) is 7.76. The first-order valence-corrected chi connectivity index (χ1v) is 10.2. The number of nitrogens with zero attached hydrogens (tertiary/aromatic N) is 4. The van der Waals surface area contributed by atoms with Crippen LogP contribution in [0.1, 0.15) is 11.3 Å². The van der Waals surface area contributed by atoms with Gasteiger partial charge < -0.3 is 4.42 Å². The number of hydrogen-bond acceptors (Lipinski definition) is 7. The second-order valence-electron chi connectivity index (χ2n) is 6.80. The van der Waals surface area contributed by atoms with Crippen molar-refractivity contribution in [3.05, 3.63) is 93.7 Å². The standard InChI is InChI=1S/C22H13N5O4S/c23-19-17(12-16-9-10-18(31-16)14-7-4-8-15(11-14)27(29)30)20(28)24-22-26(19)25-21(32-22)13-5-2-1-3-6-13/h1-12,23H. The van der Waals surface area contributed by atoms with Gasteiger partial charge in [0.1, 0.15) is 16.6 Å². The molecule has 0 atom stereocenters. The van der Waals surface area contributed by atoms with E-state index in [1.165, 1.54) is 35.0 Å². The number of aliphatic imine (C=N–C) groups is 1. The van der Waals surface area contributed by atoms with Gasteiger partial charge in [0.15, 0.2) is 5.84 Å². The number of nitro benzene ring substituents is 1. The van der Waals surface area contributed by atoms with Crippen LogP contribution in [0.15, 0.2) is 86.8 Å². The fourth-order valence-corrected chi connectivity index (χ4v) is 4.09. The van der Waals surface area contributed by atoms with Crippen molar-refractivity contribution >= 4 is 45.5 Å². The minimum absolute atomic E-state index is 0.0346. The summed E-state index contributed by atoms with van der Waals surface area (Å²) in [5.41, 5.74) is 1.38. The fraction of sp³-hybridized carbons (Fsp3) is 0. The highest BCUT2D eigenvalue weighted by molar-refractivity contribution is 8.27. The van der Waals surface area contributed by atoms with Gasteiger partial charge in [-0.05, 0) is 30.0 Å². The summed E-state index contributed by atoms with van der Waals surface area (Å²) in [5.74, 6) is 0.0521. The number of non-ortho nitro benzene ring substituents is 1. The highest BCUT2D eigenvalue weighted by Gasteiger charge is 2.36.